The van der Waals surface area contributed by atoms with Crippen molar-refractivity contribution in [3.8, 4) is 6.07 Å². The minimum absolute atomic E-state index is 0.0172. The summed E-state index contributed by atoms with van der Waals surface area (Å²) in [7, 11) is -4.89. The van der Waals surface area contributed by atoms with Crippen molar-refractivity contribution in [2.45, 2.75) is 17.9 Å². The monoisotopic (exact) mass is 320 g/mol. The molecule has 0 saturated heterocycles. The Hall–Kier alpha value is -0.940. The van der Waals surface area contributed by atoms with Gasteiger partial charge in [0.15, 0.2) is 0 Å². The predicted molar refractivity (Wildman–Crippen MR) is 74.9 cm³/mol. The smallest absolute Gasteiger partial charge is 0.242 e. The highest BCUT2D eigenvalue weighted by atomic mass is 35.5. The van der Waals surface area contributed by atoms with Crippen molar-refractivity contribution in [3.05, 3.63) is 28.8 Å². The lowest BCUT2D eigenvalue weighted by Crippen LogP contribution is -2.36. The van der Waals surface area contributed by atoms with Crippen LogP contribution in [0.1, 0.15) is 12.5 Å². The maximum Gasteiger partial charge on any atom is 0.242 e. The summed E-state index contributed by atoms with van der Waals surface area (Å²) in [6.07, 6.45) is 1.50. The lowest BCUT2D eigenvalue weighted by Gasteiger charge is -2.13. The van der Waals surface area contributed by atoms with Gasteiger partial charge in [-0.05, 0) is 25.1 Å². The van der Waals surface area contributed by atoms with E-state index >= 15 is 0 Å². The third kappa shape index (κ3) is 4.58. The van der Waals surface area contributed by atoms with Crippen molar-refractivity contribution in [1.82, 2.24) is 4.72 Å². The third-order valence-corrected chi connectivity index (χ3v) is 5.23. The summed E-state index contributed by atoms with van der Waals surface area (Å²) in [5.41, 5.74) is 0.284. The molecule has 0 bridgehead atoms. The molecular weight excluding hydrogens is 308 g/mol. The van der Waals surface area contributed by atoms with E-state index in [0.29, 0.717) is 0 Å². The van der Waals surface area contributed by atoms with E-state index in [2.05, 4.69) is 4.72 Å². The molecule has 2 atom stereocenters. The minimum atomic E-state index is -3.79. The van der Waals surface area contributed by atoms with Crippen LogP contribution in [0.3, 0.4) is 0 Å². The van der Waals surface area contributed by atoms with Gasteiger partial charge in [0.05, 0.1) is 16.7 Å². The Balaban J connectivity index is 3.01. The number of hydrogen-bond donors (Lipinski definition) is 1. The number of halogens is 1. The molecule has 0 aromatic heterocycles. The third-order valence-electron chi connectivity index (χ3n) is 2.19. The first-order valence-corrected chi connectivity index (χ1v) is 8.87. The highest BCUT2D eigenvalue weighted by Gasteiger charge is 2.21. The average Bonchev–Trinajstić information content (AvgIpc) is 2.26. The first kappa shape index (κ1) is 16.1. The molecule has 8 heteroatoms. The second-order valence-corrected chi connectivity index (χ2v) is 7.59. The predicted octanol–water partition coefficient (Wildman–Crippen LogP) is 1.26. The highest BCUT2D eigenvalue weighted by molar-refractivity contribution is 7.89. The van der Waals surface area contributed by atoms with Crippen LogP contribution in [0.25, 0.3) is 0 Å². The van der Waals surface area contributed by atoms with Crippen LogP contribution in [0.15, 0.2) is 23.1 Å². The molecule has 0 spiro atoms. The van der Waals surface area contributed by atoms with Gasteiger partial charge in [0.1, 0.15) is 4.90 Å². The second kappa shape index (κ2) is 6.48. The zero-order chi connectivity index (χ0) is 14.6. The van der Waals surface area contributed by atoms with E-state index in [1.807, 2.05) is 6.07 Å². The number of sulfonamides is 1. The molecule has 2 unspecified atom stereocenters. The standard InChI is InChI=1S/C11H13ClN2O3S2/c1-8(7-18(2)15)14-19(16,17)11-4-3-9(6-13)5-10(11)12/h3-5,8,14H,7H2,1-2H3. The van der Waals surface area contributed by atoms with E-state index in [1.54, 1.807) is 6.92 Å². The minimum Gasteiger partial charge on any atom is -0.260 e. The van der Waals surface area contributed by atoms with Crippen molar-refractivity contribution < 1.29 is 12.6 Å². The average molecular weight is 321 g/mol. The van der Waals surface area contributed by atoms with Gasteiger partial charge < -0.3 is 0 Å². The van der Waals surface area contributed by atoms with E-state index in [9.17, 15) is 12.6 Å². The molecule has 1 N–H and O–H groups in total. The summed E-state index contributed by atoms with van der Waals surface area (Å²) in [6.45, 7) is 1.62. The maximum absolute atomic E-state index is 12.1. The maximum atomic E-state index is 12.1. The fourth-order valence-electron chi connectivity index (χ4n) is 1.50. The quantitative estimate of drug-likeness (QED) is 0.884. The van der Waals surface area contributed by atoms with Crippen LogP contribution >= 0.6 is 11.6 Å². The summed E-state index contributed by atoms with van der Waals surface area (Å²) in [4.78, 5) is -0.0955. The van der Waals surface area contributed by atoms with Gasteiger partial charge in [-0.2, -0.15) is 5.26 Å². The molecule has 1 rings (SSSR count). The van der Waals surface area contributed by atoms with Crippen LogP contribution < -0.4 is 4.72 Å². The van der Waals surface area contributed by atoms with E-state index in [1.165, 1.54) is 24.5 Å². The van der Waals surface area contributed by atoms with Crippen LogP contribution in [-0.4, -0.2) is 30.7 Å². The number of nitriles is 1. The van der Waals surface area contributed by atoms with E-state index < -0.39 is 26.9 Å². The van der Waals surface area contributed by atoms with Gasteiger partial charge in [0.2, 0.25) is 10.0 Å². The van der Waals surface area contributed by atoms with Crippen LogP contribution in [0, 0.1) is 11.3 Å². The molecular formula is C11H13ClN2O3S2. The first-order valence-electron chi connectivity index (χ1n) is 5.28. The lowest BCUT2D eigenvalue weighted by atomic mass is 10.2. The van der Waals surface area contributed by atoms with Crippen LogP contribution in [0.2, 0.25) is 5.02 Å². The Labute approximate surface area is 120 Å². The molecule has 0 aliphatic rings. The molecule has 5 nitrogen and oxygen atoms in total. The topological polar surface area (TPSA) is 87.0 Å². The molecule has 0 amide bonds. The normalized spacial score (nSPS) is 14.6. The molecule has 0 aliphatic carbocycles. The molecule has 0 aliphatic heterocycles. The van der Waals surface area contributed by atoms with Gasteiger partial charge in [0, 0.05) is 28.9 Å². The fourth-order valence-corrected chi connectivity index (χ4v) is 4.18. The Morgan fingerprint density at radius 2 is 2.16 bits per heavy atom. The first-order chi connectivity index (χ1) is 8.76. The van der Waals surface area contributed by atoms with E-state index in [4.69, 9.17) is 16.9 Å². The number of rotatable bonds is 5. The number of benzene rings is 1. The summed E-state index contributed by atoms with van der Waals surface area (Å²) < 4.78 is 37.6. The number of nitrogens with one attached hydrogen (secondary N) is 1. The lowest BCUT2D eigenvalue weighted by molar-refractivity contribution is 0.570. The zero-order valence-electron chi connectivity index (χ0n) is 10.4. The Bertz CT molecular complexity index is 638. The molecule has 0 saturated carbocycles. The molecule has 0 fully saturated rings. The Kier molecular flexibility index (Phi) is 5.50. The van der Waals surface area contributed by atoms with Gasteiger partial charge in [-0.1, -0.05) is 11.6 Å². The van der Waals surface area contributed by atoms with Gasteiger partial charge in [-0.3, -0.25) is 4.21 Å². The largest absolute Gasteiger partial charge is 0.260 e. The molecule has 19 heavy (non-hydrogen) atoms. The number of hydrogen-bond acceptors (Lipinski definition) is 4. The van der Waals surface area contributed by atoms with Crippen molar-refractivity contribution in [2.75, 3.05) is 12.0 Å². The molecule has 0 radical (unpaired) electrons. The van der Waals surface area contributed by atoms with E-state index in [0.717, 1.165) is 0 Å². The zero-order valence-corrected chi connectivity index (χ0v) is 12.8. The summed E-state index contributed by atoms with van der Waals surface area (Å²) in [6, 6.07) is 5.35. The van der Waals surface area contributed by atoms with Crippen molar-refractivity contribution in [3.63, 3.8) is 0 Å². The Morgan fingerprint density at radius 1 is 1.53 bits per heavy atom. The van der Waals surface area contributed by atoms with Gasteiger partial charge >= 0.3 is 0 Å². The molecule has 0 heterocycles. The van der Waals surface area contributed by atoms with Crippen molar-refractivity contribution in [1.29, 1.82) is 5.26 Å². The van der Waals surface area contributed by atoms with Gasteiger partial charge in [0.25, 0.3) is 0 Å². The van der Waals surface area contributed by atoms with Crippen LogP contribution in [-0.2, 0) is 20.8 Å². The summed E-state index contributed by atoms with van der Waals surface area (Å²) >= 11 is 5.85. The fraction of sp³-hybridized carbons (Fsp3) is 0.364. The van der Waals surface area contributed by atoms with Crippen LogP contribution in [0.4, 0.5) is 0 Å². The molecule has 1 aromatic rings. The highest BCUT2D eigenvalue weighted by Crippen LogP contribution is 2.22. The second-order valence-electron chi connectivity index (χ2n) is 4.02. The van der Waals surface area contributed by atoms with Crippen molar-refractivity contribution in [2.24, 2.45) is 0 Å². The Morgan fingerprint density at radius 3 is 2.63 bits per heavy atom. The van der Waals surface area contributed by atoms with Crippen LogP contribution in [0.5, 0.6) is 0 Å². The molecule has 1 aromatic carbocycles. The summed E-state index contributed by atoms with van der Waals surface area (Å²) in [5.74, 6) is 0.215. The SMILES string of the molecule is CC(CS(C)=O)NS(=O)(=O)c1ccc(C#N)cc1Cl. The van der Waals surface area contributed by atoms with Gasteiger partial charge in [-0.25, -0.2) is 13.1 Å². The van der Waals surface area contributed by atoms with Crippen molar-refractivity contribution >= 4 is 32.4 Å². The summed E-state index contributed by atoms with van der Waals surface area (Å²) in [5, 5.41) is 8.68. The van der Waals surface area contributed by atoms with E-state index in [-0.39, 0.29) is 21.2 Å². The molecule has 104 valence electrons. The van der Waals surface area contributed by atoms with Gasteiger partial charge in [-0.15, -0.1) is 0 Å². The number of nitrogens with zero attached hydrogens (tertiary/aromatic N) is 1.